The topological polar surface area (TPSA) is 49.4 Å². The van der Waals surface area contributed by atoms with Gasteiger partial charge in [-0.25, -0.2) is 0 Å². The Kier molecular flexibility index (Phi) is 11.7. The Morgan fingerprint density at radius 3 is 1.89 bits per heavy atom. The van der Waals surface area contributed by atoms with Gasteiger partial charge in [0.25, 0.3) is 0 Å². The van der Waals surface area contributed by atoms with Crippen LogP contribution in [0.15, 0.2) is 25.5 Å². The predicted octanol–water partition coefficient (Wildman–Crippen LogP) is -0.301. The number of aliphatic carboxylic acids is 1. The second-order valence-corrected chi connectivity index (χ2v) is 0.926. The lowest BCUT2D eigenvalue weighted by Gasteiger charge is -1.81. The smallest absolute Gasteiger partial charge is 0.0766 e. The van der Waals surface area contributed by atoms with E-state index in [0.29, 0.717) is 0 Å². The lowest BCUT2D eigenvalue weighted by Crippen LogP contribution is -2.17. The number of methoxy groups -OCH3 is 1. The third-order valence-electron chi connectivity index (χ3n) is 0.333. The number of carbonyl (C=O) groups excluding carboxylic acids is 1. The van der Waals surface area contributed by atoms with E-state index in [2.05, 4.69) is 17.9 Å². The highest BCUT2D eigenvalue weighted by Gasteiger charge is 1.55. The number of hydrogen-bond acceptors (Lipinski definition) is 3. The molecule has 0 saturated heterocycles. The van der Waals surface area contributed by atoms with E-state index < -0.39 is 5.97 Å². The maximum Gasteiger partial charge on any atom is 0.0766 e. The zero-order valence-corrected chi connectivity index (χ0v) is 5.29. The summed E-state index contributed by atoms with van der Waals surface area (Å²) in [4.78, 5) is 9.14. The van der Waals surface area contributed by atoms with E-state index in [1.807, 2.05) is 0 Å². The molecule has 0 aromatic rings. The highest BCUT2D eigenvalue weighted by Crippen LogP contribution is 1.52. The number of ether oxygens (including phenoxy) is 1. The van der Waals surface area contributed by atoms with Crippen LogP contribution in [0.25, 0.3) is 0 Å². The Morgan fingerprint density at radius 1 is 1.67 bits per heavy atom. The Bertz CT molecular complexity index is 96.5. The maximum atomic E-state index is 9.14. The Morgan fingerprint density at radius 2 is 1.89 bits per heavy atom. The van der Waals surface area contributed by atoms with Gasteiger partial charge in [0.2, 0.25) is 0 Å². The number of carboxylic acids is 1. The summed E-state index contributed by atoms with van der Waals surface area (Å²) in [6.07, 6.45) is 2.10. The van der Waals surface area contributed by atoms with Crippen LogP contribution in [-0.4, -0.2) is 13.1 Å². The molecule has 52 valence electrons. The molecule has 3 heteroatoms. The van der Waals surface area contributed by atoms with Crippen LogP contribution < -0.4 is 5.11 Å². The highest BCUT2D eigenvalue weighted by atomic mass is 16.5. The molecule has 0 spiro atoms. The van der Waals surface area contributed by atoms with Crippen molar-refractivity contribution >= 4 is 5.97 Å². The first-order valence-corrected chi connectivity index (χ1v) is 2.16. The monoisotopic (exact) mass is 129 g/mol. The standard InChI is InChI=1S/C3H4O2.C3H6O/c1-2-3(4)5;1-3-4-2/h2H,1H2,(H,4,5);3H,1H2,2H3/p-1. The molecule has 0 amide bonds. The number of hydrogen-bond donors (Lipinski definition) is 0. The molecule has 0 bridgehead atoms. The molecule has 0 heterocycles. The summed E-state index contributed by atoms with van der Waals surface area (Å²) in [6, 6.07) is 0. The van der Waals surface area contributed by atoms with Gasteiger partial charge in [0, 0.05) is 0 Å². The summed E-state index contributed by atoms with van der Waals surface area (Å²) in [5.74, 6) is -1.23. The largest absolute Gasteiger partial charge is 0.545 e. The molecule has 0 radical (unpaired) electrons. The summed E-state index contributed by atoms with van der Waals surface area (Å²) in [5, 5.41) is 9.14. The SMILES string of the molecule is C=CC(=O)[O-].C=COC. The molecule has 0 aromatic heterocycles. The third kappa shape index (κ3) is 49.7. The molecular formula is C6H9O3-. The molecule has 0 aromatic carbocycles. The average Bonchev–Trinajstić information content (AvgIpc) is 1.89. The van der Waals surface area contributed by atoms with Crippen LogP contribution in [0.5, 0.6) is 0 Å². The molecule has 9 heavy (non-hydrogen) atoms. The number of carboxylic acid groups (broad SMARTS) is 1. The minimum absolute atomic E-state index is 0.722. The maximum absolute atomic E-state index is 9.14. The third-order valence-corrected chi connectivity index (χ3v) is 0.333. The minimum Gasteiger partial charge on any atom is -0.545 e. The van der Waals surface area contributed by atoms with Crippen LogP contribution in [0.2, 0.25) is 0 Å². The van der Waals surface area contributed by atoms with Gasteiger partial charge in [-0.1, -0.05) is 13.2 Å². The van der Waals surface area contributed by atoms with Gasteiger partial charge in [0.1, 0.15) is 0 Å². The summed E-state index contributed by atoms with van der Waals surface area (Å²) in [5.41, 5.74) is 0. The van der Waals surface area contributed by atoms with Crippen LogP contribution in [-0.2, 0) is 9.53 Å². The van der Waals surface area contributed by atoms with Gasteiger partial charge < -0.3 is 14.6 Å². The molecule has 0 fully saturated rings. The summed E-state index contributed by atoms with van der Waals surface area (Å²) in [6.45, 7) is 6.16. The first kappa shape index (κ1) is 10.7. The van der Waals surface area contributed by atoms with Crippen molar-refractivity contribution in [2.24, 2.45) is 0 Å². The van der Waals surface area contributed by atoms with Gasteiger partial charge in [-0.2, -0.15) is 0 Å². The molecule has 0 aliphatic rings. The van der Waals surface area contributed by atoms with E-state index in [0.717, 1.165) is 6.08 Å². The fraction of sp³-hybridized carbons (Fsp3) is 0.167. The van der Waals surface area contributed by atoms with Crippen molar-refractivity contribution in [1.82, 2.24) is 0 Å². The van der Waals surface area contributed by atoms with Crippen molar-refractivity contribution in [3.8, 4) is 0 Å². The van der Waals surface area contributed by atoms with Crippen LogP contribution >= 0.6 is 0 Å². The molecule has 0 aliphatic heterocycles. The van der Waals surface area contributed by atoms with E-state index in [4.69, 9.17) is 9.90 Å². The number of carbonyl (C=O) groups is 1. The Labute approximate surface area is 54.3 Å². The number of rotatable bonds is 2. The first-order chi connectivity index (χ1) is 4.18. The van der Waals surface area contributed by atoms with Crippen LogP contribution in [0.4, 0.5) is 0 Å². The summed E-state index contributed by atoms with van der Waals surface area (Å²) < 4.78 is 4.31. The van der Waals surface area contributed by atoms with E-state index in [-0.39, 0.29) is 0 Å². The van der Waals surface area contributed by atoms with Crippen molar-refractivity contribution in [3.05, 3.63) is 25.5 Å². The van der Waals surface area contributed by atoms with E-state index in [1.54, 1.807) is 7.11 Å². The lowest BCUT2D eigenvalue weighted by molar-refractivity contribution is -0.297. The van der Waals surface area contributed by atoms with Gasteiger partial charge in [-0.3, -0.25) is 0 Å². The average molecular weight is 129 g/mol. The molecule has 0 saturated carbocycles. The van der Waals surface area contributed by atoms with E-state index in [9.17, 15) is 0 Å². The van der Waals surface area contributed by atoms with Gasteiger partial charge >= 0.3 is 0 Å². The zero-order valence-electron chi connectivity index (χ0n) is 5.29. The molecule has 0 unspecified atom stereocenters. The van der Waals surface area contributed by atoms with Gasteiger partial charge in [0.15, 0.2) is 0 Å². The van der Waals surface area contributed by atoms with Crippen LogP contribution in [0, 0.1) is 0 Å². The van der Waals surface area contributed by atoms with Crippen molar-refractivity contribution in [1.29, 1.82) is 0 Å². The molecule has 0 aliphatic carbocycles. The quantitative estimate of drug-likeness (QED) is 0.380. The van der Waals surface area contributed by atoms with Gasteiger partial charge in [0.05, 0.1) is 19.3 Å². The molecular weight excluding hydrogens is 120 g/mol. The second kappa shape index (κ2) is 9.89. The summed E-state index contributed by atoms with van der Waals surface area (Å²) >= 11 is 0. The fourth-order valence-electron chi connectivity index (χ4n) is 0. The molecule has 0 atom stereocenters. The molecule has 0 N–H and O–H groups in total. The van der Waals surface area contributed by atoms with Crippen molar-refractivity contribution < 1.29 is 14.6 Å². The predicted molar refractivity (Wildman–Crippen MR) is 32.4 cm³/mol. The van der Waals surface area contributed by atoms with Gasteiger partial charge in [-0.15, -0.1) is 0 Å². The lowest BCUT2D eigenvalue weighted by atomic mass is 10.7. The molecule has 3 nitrogen and oxygen atoms in total. The Hall–Kier alpha value is -1.25. The minimum atomic E-state index is -1.23. The normalized spacial score (nSPS) is 5.89. The second-order valence-electron chi connectivity index (χ2n) is 0.926. The molecule has 0 rings (SSSR count). The van der Waals surface area contributed by atoms with E-state index in [1.165, 1.54) is 6.26 Å². The van der Waals surface area contributed by atoms with E-state index >= 15 is 0 Å². The van der Waals surface area contributed by atoms with Crippen LogP contribution in [0.3, 0.4) is 0 Å². The summed E-state index contributed by atoms with van der Waals surface area (Å²) in [7, 11) is 1.56. The zero-order chi connectivity index (χ0) is 7.70. The van der Waals surface area contributed by atoms with Crippen molar-refractivity contribution in [2.45, 2.75) is 0 Å². The van der Waals surface area contributed by atoms with Crippen molar-refractivity contribution in [3.63, 3.8) is 0 Å². The first-order valence-electron chi connectivity index (χ1n) is 2.16. The fourth-order valence-corrected chi connectivity index (χ4v) is 0. The van der Waals surface area contributed by atoms with Gasteiger partial charge in [-0.05, 0) is 6.08 Å². The van der Waals surface area contributed by atoms with Crippen LogP contribution in [0.1, 0.15) is 0 Å². The highest BCUT2D eigenvalue weighted by molar-refractivity contribution is 5.76. The van der Waals surface area contributed by atoms with Crippen molar-refractivity contribution in [2.75, 3.05) is 7.11 Å². The Balaban J connectivity index is 0.